The number of hydrogen-bond acceptors (Lipinski definition) is 4. The van der Waals surface area contributed by atoms with E-state index in [9.17, 15) is 4.79 Å². The van der Waals surface area contributed by atoms with Crippen LogP contribution in [0.4, 0.5) is 5.13 Å². The molecule has 0 saturated carbocycles. The zero-order valence-electron chi connectivity index (χ0n) is 11.9. The highest BCUT2D eigenvalue weighted by atomic mass is 35.5. The van der Waals surface area contributed by atoms with Gasteiger partial charge in [0, 0.05) is 11.9 Å². The predicted molar refractivity (Wildman–Crippen MR) is 84.2 cm³/mol. The van der Waals surface area contributed by atoms with Crippen molar-refractivity contribution in [1.82, 2.24) is 14.8 Å². The van der Waals surface area contributed by atoms with Crippen molar-refractivity contribution in [3.8, 4) is 0 Å². The Morgan fingerprint density at radius 2 is 2.10 bits per heavy atom. The van der Waals surface area contributed by atoms with Gasteiger partial charge >= 0.3 is 0 Å². The third-order valence-corrected chi connectivity index (χ3v) is 5.02. The van der Waals surface area contributed by atoms with Crippen LogP contribution < -0.4 is 5.32 Å². The summed E-state index contributed by atoms with van der Waals surface area (Å²) >= 11 is 7.57. The highest BCUT2D eigenvalue weighted by Gasteiger charge is 2.19. The van der Waals surface area contributed by atoms with Gasteiger partial charge in [0.15, 0.2) is 5.13 Å². The third kappa shape index (κ3) is 3.11. The summed E-state index contributed by atoms with van der Waals surface area (Å²) in [6.45, 7) is 0. The highest BCUT2D eigenvalue weighted by molar-refractivity contribution is 7.15. The Morgan fingerprint density at radius 3 is 2.81 bits per heavy atom. The second-order valence-corrected chi connectivity index (χ2v) is 6.71. The second-order valence-electron chi connectivity index (χ2n) is 5.22. The van der Waals surface area contributed by atoms with E-state index in [2.05, 4.69) is 15.4 Å². The number of nitrogens with one attached hydrogen (secondary N) is 1. The molecule has 2 heterocycles. The van der Waals surface area contributed by atoms with E-state index in [1.54, 1.807) is 18.4 Å². The van der Waals surface area contributed by atoms with E-state index < -0.39 is 0 Å². The molecule has 0 atom stereocenters. The van der Waals surface area contributed by atoms with Gasteiger partial charge in [0.05, 0.1) is 16.9 Å². The molecule has 0 bridgehead atoms. The number of anilines is 1. The minimum Gasteiger partial charge on any atom is -0.296 e. The zero-order chi connectivity index (χ0) is 14.8. The normalized spacial score (nSPS) is 15.1. The van der Waals surface area contributed by atoms with Gasteiger partial charge in [-0.05, 0) is 25.7 Å². The largest absolute Gasteiger partial charge is 0.296 e. The fourth-order valence-corrected chi connectivity index (χ4v) is 3.88. The minimum atomic E-state index is -0.262. The second kappa shape index (κ2) is 6.15. The number of carbonyl (C=O) groups excluding carboxylic acids is 1. The molecule has 1 N–H and O–H groups in total. The lowest BCUT2D eigenvalue weighted by molar-refractivity contribution is 0.101. The fourth-order valence-electron chi connectivity index (χ4n) is 2.58. The van der Waals surface area contributed by atoms with Crippen LogP contribution in [0.5, 0.6) is 0 Å². The van der Waals surface area contributed by atoms with Crippen molar-refractivity contribution in [3.63, 3.8) is 0 Å². The fraction of sp³-hybridized carbons (Fsp3) is 0.500. The topological polar surface area (TPSA) is 59.8 Å². The van der Waals surface area contributed by atoms with Crippen molar-refractivity contribution in [2.24, 2.45) is 7.05 Å². The van der Waals surface area contributed by atoms with Crippen LogP contribution in [-0.4, -0.2) is 20.7 Å². The van der Waals surface area contributed by atoms with Crippen molar-refractivity contribution < 1.29 is 4.79 Å². The van der Waals surface area contributed by atoms with Gasteiger partial charge in [-0.1, -0.05) is 24.4 Å². The van der Waals surface area contributed by atoms with Crippen molar-refractivity contribution in [2.45, 2.75) is 38.5 Å². The summed E-state index contributed by atoms with van der Waals surface area (Å²) in [6, 6.07) is 0. The molecule has 0 saturated heterocycles. The first-order chi connectivity index (χ1) is 10.1. The average Bonchev–Trinajstić information content (AvgIpc) is 2.93. The molecule has 2 aromatic heterocycles. The molecule has 2 aromatic rings. The number of halogens is 1. The lowest BCUT2D eigenvalue weighted by Gasteiger charge is -2.06. The number of thiazole rings is 1. The van der Waals surface area contributed by atoms with E-state index in [0.29, 0.717) is 15.8 Å². The number of nitrogens with zero attached hydrogens (tertiary/aromatic N) is 3. The van der Waals surface area contributed by atoms with Gasteiger partial charge in [0.25, 0.3) is 5.91 Å². The summed E-state index contributed by atoms with van der Waals surface area (Å²) in [5.74, 6) is -0.262. The Hall–Kier alpha value is -1.40. The first-order valence-electron chi connectivity index (χ1n) is 7.12. The summed E-state index contributed by atoms with van der Waals surface area (Å²) in [5, 5.41) is 7.83. The van der Waals surface area contributed by atoms with Crippen LogP contribution >= 0.6 is 22.9 Å². The monoisotopic (exact) mass is 324 g/mol. The lowest BCUT2D eigenvalue weighted by Crippen LogP contribution is -2.16. The van der Waals surface area contributed by atoms with Crippen LogP contribution in [0.15, 0.2) is 6.20 Å². The molecule has 5 nitrogen and oxygen atoms in total. The number of fused-ring (bicyclic) bond motifs is 1. The number of rotatable bonds is 2. The van der Waals surface area contributed by atoms with Crippen molar-refractivity contribution >= 4 is 34.0 Å². The predicted octanol–water partition coefficient (Wildman–Crippen LogP) is 3.44. The van der Waals surface area contributed by atoms with Crippen LogP contribution in [0.25, 0.3) is 0 Å². The van der Waals surface area contributed by atoms with Crippen LogP contribution in [0, 0.1) is 0 Å². The van der Waals surface area contributed by atoms with E-state index in [1.165, 1.54) is 41.4 Å². The Balaban J connectivity index is 1.79. The SMILES string of the molecule is Cn1ncc(Cl)c1C(=O)Nc1nc2c(s1)CCCCCC2. The molecule has 0 fully saturated rings. The van der Waals surface area contributed by atoms with E-state index in [-0.39, 0.29) is 5.91 Å². The number of hydrogen-bond donors (Lipinski definition) is 1. The van der Waals surface area contributed by atoms with E-state index in [1.807, 2.05) is 0 Å². The molecule has 7 heteroatoms. The third-order valence-electron chi connectivity index (χ3n) is 3.68. The molecule has 0 unspecified atom stereocenters. The first-order valence-corrected chi connectivity index (χ1v) is 8.32. The van der Waals surface area contributed by atoms with Crippen LogP contribution in [0.1, 0.15) is 46.7 Å². The average molecular weight is 325 g/mol. The number of amides is 1. The maximum atomic E-state index is 12.3. The molecule has 0 aliphatic heterocycles. The van der Waals surface area contributed by atoms with Crippen LogP contribution in [-0.2, 0) is 19.9 Å². The summed E-state index contributed by atoms with van der Waals surface area (Å²) in [7, 11) is 1.70. The van der Waals surface area contributed by atoms with Gasteiger partial charge < -0.3 is 0 Å². The molecule has 0 aromatic carbocycles. The Kier molecular flexibility index (Phi) is 4.26. The standard InChI is InChI=1S/C14H17ClN4OS/c1-19-12(9(15)8-16-19)13(20)18-14-17-10-6-4-2-3-5-7-11(10)21-14/h8H,2-7H2,1H3,(H,17,18,20). The molecule has 1 amide bonds. The minimum absolute atomic E-state index is 0.262. The van der Waals surface area contributed by atoms with Gasteiger partial charge in [-0.2, -0.15) is 5.10 Å². The Labute approximate surface area is 132 Å². The zero-order valence-corrected chi connectivity index (χ0v) is 13.4. The molecule has 21 heavy (non-hydrogen) atoms. The molecule has 0 spiro atoms. The van der Waals surface area contributed by atoms with Crippen LogP contribution in [0.3, 0.4) is 0 Å². The summed E-state index contributed by atoms with van der Waals surface area (Å²) in [5.41, 5.74) is 1.50. The molecule has 112 valence electrons. The van der Waals surface area contributed by atoms with Crippen molar-refractivity contribution in [3.05, 3.63) is 27.5 Å². The molecular weight excluding hydrogens is 308 g/mol. The van der Waals surface area contributed by atoms with E-state index >= 15 is 0 Å². The Bertz CT molecular complexity index is 619. The van der Waals surface area contributed by atoms with Crippen molar-refractivity contribution in [2.75, 3.05) is 5.32 Å². The summed E-state index contributed by atoms with van der Waals surface area (Å²) in [6.07, 6.45) is 8.47. The molecule has 0 radical (unpaired) electrons. The maximum Gasteiger partial charge on any atom is 0.277 e. The first kappa shape index (κ1) is 14.5. The van der Waals surface area contributed by atoms with Gasteiger partial charge in [-0.25, -0.2) is 4.98 Å². The molecular formula is C14H17ClN4OS. The van der Waals surface area contributed by atoms with Gasteiger partial charge in [0.1, 0.15) is 5.69 Å². The maximum absolute atomic E-state index is 12.3. The summed E-state index contributed by atoms with van der Waals surface area (Å²) in [4.78, 5) is 18.2. The molecule has 1 aliphatic carbocycles. The van der Waals surface area contributed by atoms with E-state index in [0.717, 1.165) is 18.5 Å². The summed E-state index contributed by atoms with van der Waals surface area (Å²) < 4.78 is 1.47. The van der Waals surface area contributed by atoms with Crippen molar-refractivity contribution in [1.29, 1.82) is 0 Å². The van der Waals surface area contributed by atoms with E-state index in [4.69, 9.17) is 11.6 Å². The number of aryl methyl sites for hydroxylation is 3. The smallest absolute Gasteiger partial charge is 0.277 e. The van der Waals surface area contributed by atoms with Gasteiger partial charge in [0.2, 0.25) is 0 Å². The van der Waals surface area contributed by atoms with Gasteiger partial charge in [-0.3, -0.25) is 14.8 Å². The van der Waals surface area contributed by atoms with Crippen LogP contribution in [0.2, 0.25) is 5.02 Å². The molecule has 1 aliphatic rings. The lowest BCUT2D eigenvalue weighted by atomic mass is 10.0. The van der Waals surface area contributed by atoms with Gasteiger partial charge in [-0.15, -0.1) is 11.3 Å². The Morgan fingerprint density at radius 1 is 1.33 bits per heavy atom. The number of carbonyl (C=O) groups is 1. The quantitative estimate of drug-likeness (QED) is 0.920. The number of aromatic nitrogens is 3. The highest BCUT2D eigenvalue weighted by Crippen LogP contribution is 2.29. The molecule has 3 rings (SSSR count).